The van der Waals surface area contributed by atoms with Crippen LogP contribution in [0.4, 0.5) is 5.69 Å². The number of rotatable bonds is 6. The Hall–Kier alpha value is -1.87. The highest BCUT2D eigenvalue weighted by Gasteiger charge is 2.00. The number of thiocarbonyl (C=S) groups is 1. The second-order valence-electron chi connectivity index (χ2n) is 6.10. The molecule has 0 saturated carbocycles. The number of benzene rings is 2. The van der Waals surface area contributed by atoms with Crippen molar-refractivity contribution in [2.24, 2.45) is 0 Å². The zero-order valence-electron chi connectivity index (χ0n) is 14.3. The minimum Gasteiger partial charge on any atom is -0.358 e. The third-order valence-corrected chi connectivity index (χ3v) is 4.01. The van der Waals surface area contributed by atoms with Gasteiger partial charge in [-0.3, -0.25) is 0 Å². The topological polar surface area (TPSA) is 24.1 Å². The molecule has 0 aliphatic rings. The summed E-state index contributed by atoms with van der Waals surface area (Å²) >= 11 is 5.38. The van der Waals surface area contributed by atoms with Crippen LogP contribution in [0.25, 0.3) is 0 Å². The summed E-state index contributed by atoms with van der Waals surface area (Å²) in [6.07, 6.45) is 3.61. The van der Waals surface area contributed by atoms with Crippen molar-refractivity contribution in [1.29, 1.82) is 0 Å². The molecule has 2 N–H and O–H groups in total. The first-order valence-corrected chi connectivity index (χ1v) is 8.68. The van der Waals surface area contributed by atoms with Gasteiger partial charge in [-0.15, -0.1) is 0 Å². The molecule has 0 unspecified atom stereocenters. The highest BCUT2D eigenvalue weighted by atomic mass is 32.1. The van der Waals surface area contributed by atoms with Crippen molar-refractivity contribution in [2.45, 2.75) is 46.6 Å². The highest BCUT2D eigenvalue weighted by Crippen LogP contribution is 2.12. The van der Waals surface area contributed by atoms with Gasteiger partial charge in [-0.1, -0.05) is 54.8 Å². The van der Waals surface area contributed by atoms with E-state index in [0.29, 0.717) is 5.11 Å². The Morgan fingerprint density at radius 3 is 2.22 bits per heavy atom. The van der Waals surface area contributed by atoms with Crippen molar-refractivity contribution in [3.8, 4) is 0 Å². The summed E-state index contributed by atoms with van der Waals surface area (Å²) in [5.74, 6) is 0. The van der Waals surface area contributed by atoms with Gasteiger partial charge >= 0.3 is 0 Å². The maximum atomic E-state index is 5.38. The molecule has 2 aromatic rings. The van der Waals surface area contributed by atoms with Crippen LogP contribution >= 0.6 is 12.2 Å². The van der Waals surface area contributed by atoms with Crippen molar-refractivity contribution in [2.75, 3.05) is 5.32 Å². The van der Waals surface area contributed by atoms with E-state index in [1.807, 2.05) is 0 Å². The second-order valence-corrected chi connectivity index (χ2v) is 6.51. The lowest BCUT2D eigenvalue weighted by Gasteiger charge is -2.12. The summed E-state index contributed by atoms with van der Waals surface area (Å²) in [6, 6.07) is 15.1. The van der Waals surface area contributed by atoms with Gasteiger partial charge in [-0.05, 0) is 62.2 Å². The Labute approximate surface area is 145 Å². The molecule has 0 bridgehead atoms. The Kier molecular flexibility index (Phi) is 6.60. The van der Waals surface area contributed by atoms with Gasteiger partial charge in [0, 0.05) is 12.2 Å². The van der Waals surface area contributed by atoms with Crippen LogP contribution in [0.1, 0.15) is 42.0 Å². The van der Waals surface area contributed by atoms with Crippen molar-refractivity contribution >= 4 is 23.0 Å². The van der Waals surface area contributed by atoms with Crippen LogP contribution in [0.3, 0.4) is 0 Å². The van der Waals surface area contributed by atoms with Crippen molar-refractivity contribution in [3.05, 3.63) is 64.7 Å². The molecule has 0 radical (unpaired) electrons. The smallest absolute Gasteiger partial charge is 0.171 e. The van der Waals surface area contributed by atoms with Gasteiger partial charge in [-0.2, -0.15) is 0 Å². The van der Waals surface area contributed by atoms with E-state index in [1.165, 1.54) is 35.1 Å². The molecule has 2 aromatic carbocycles. The summed E-state index contributed by atoms with van der Waals surface area (Å²) in [5, 5.41) is 7.17. The van der Waals surface area contributed by atoms with Gasteiger partial charge in [0.1, 0.15) is 0 Å². The van der Waals surface area contributed by atoms with Crippen LogP contribution in [0.5, 0.6) is 0 Å². The standard InChI is InChI=1S/C20H26N2S/c1-4-5-6-17-7-9-19(10-8-17)22-20(23)21-14-18-12-15(2)11-16(3)13-18/h7-13H,4-6,14H2,1-3H3,(H2,21,22,23). The predicted molar refractivity (Wildman–Crippen MR) is 104 cm³/mol. The average Bonchev–Trinajstić information content (AvgIpc) is 2.51. The normalized spacial score (nSPS) is 10.4. The minimum atomic E-state index is 0.658. The zero-order valence-corrected chi connectivity index (χ0v) is 15.1. The monoisotopic (exact) mass is 326 g/mol. The summed E-state index contributed by atoms with van der Waals surface area (Å²) in [4.78, 5) is 0. The molecule has 0 aliphatic heterocycles. The lowest BCUT2D eigenvalue weighted by Crippen LogP contribution is -2.27. The summed E-state index contributed by atoms with van der Waals surface area (Å²) < 4.78 is 0. The molecule has 23 heavy (non-hydrogen) atoms. The van der Waals surface area contributed by atoms with Crippen LogP contribution in [-0.2, 0) is 13.0 Å². The van der Waals surface area contributed by atoms with E-state index >= 15 is 0 Å². The molecule has 122 valence electrons. The fourth-order valence-electron chi connectivity index (χ4n) is 2.66. The summed E-state index contributed by atoms with van der Waals surface area (Å²) in [5.41, 5.74) is 6.22. The largest absolute Gasteiger partial charge is 0.358 e. The second kappa shape index (κ2) is 8.68. The first-order valence-electron chi connectivity index (χ1n) is 8.28. The van der Waals surface area contributed by atoms with E-state index in [4.69, 9.17) is 12.2 Å². The molecule has 0 heterocycles. The molecule has 3 heteroatoms. The van der Waals surface area contributed by atoms with E-state index in [9.17, 15) is 0 Å². The van der Waals surface area contributed by atoms with Crippen LogP contribution in [-0.4, -0.2) is 5.11 Å². The first kappa shape index (κ1) is 17.5. The fraction of sp³-hybridized carbons (Fsp3) is 0.350. The van der Waals surface area contributed by atoms with Crippen molar-refractivity contribution < 1.29 is 0 Å². The Morgan fingerprint density at radius 2 is 1.61 bits per heavy atom. The van der Waals surface area contributed by atoms with Gasteiger partial charge in [0.05, 0.1) is 0 Å². The van der Waals surface area contributed by atoms with Gasteiger partial charge in [-0.25, -0.2) is 0 Å². The molecule has 2 nitrogen and oxygen atoms in total. The van der Waals surface area contributed by atoms with Gasteiger partial charge < -0.3 is 10.6 Å². The number of aryl methyl sites for hydroxylation is 3. The molecule has 0 spiro atoms. The molecular formula is C20H26N2S. The molecule has 0 aromatic heterocycles. The van der Waals surface area contributed by atoms with Gasteiger partial charge in [0.15, 0.2) is 5.11 Å². The minimum absolute atomic E-state index is 0.658. The Bertz CT molecular complexity index is 627. The number of anilines is 1. The van der Waals surface area contributed by atoms with Crippen LogP contribution in [0, 0.1) is 13.8 Å². The average molecular weight is 327 g/mol. The number of unbranched alkanes of at least 4 members (excludes halogenated alkanes) is 1. The van der Waals surface area contributed by atoms with Crippen LogP contribution in [0.15, 0.2) is 42.5 Å². The summed E-state index contributed by atoms with van der Waals surface area (Å²) in [6.45, 7) is 7.19. The molecule has 0 amide bonds. The van der Waals surface area contributed by atoms with E-state index in [-0.39, 0.29) is 0 Å². The lowest BCUT2D eigenvalue weighted by atomic mass is 10.1. The Balaban J connectivity index is 1.84. The SMILES string of the molecule is CCCCc1ccc(NC(=S)NCc2cc(C)cc(C)c2)cc1. The maximum Gasteiger partial charge on any atom is 0.171 e. The van der Waals surface area contributed by atoms with E-state index < -0.39 is 0 Å². The van der Waals surface area contributed by atoms with Gasteiger partial charge in [0.2, 0.25) is 0 Å². The molecule has 0 aliphatic carbocycles. The maximum absolute atomic E-state index is 5.38. The number of nitrogens with one attached hydrogen (secondary N) is 2. The molecule has 0 fully saturated rings. The molecule has 2 rings (SSSR count). The van der Waals surface area contributed by atoms with Gasteiger partial charge in [0.25, 0.3) is 0 Å². The first-order chi connectivity index (χ1) is 11.1. The molecule has 0 atom stereocenters. The van der Waals surface area contributed by atoms with Crippen LogP contribution in [0.2, 0.25) is 0 Å². The third kappa shape index (κ3) is 6.03. The van der Waals surface area contributed by atoms with Crippen LogP contribution < -0.4 is 10.6 Å². The summed E-state index contributed by atoms with van der Waals surface area (Å²) in [7, 11) is 0. The third-order valence-electron chi connectivity index (χ3n) is 3.77. The predicted octanol–water partition coefficient (Wildman–Crippen LogP) is 5.13. The lowest BCUT2D eigenvalue weighted by molar-refractivity contribution is 0.795. The quantitative estimate of drug-likeness (QED) is 0.719. The molecular weight excluding hydrogens is 300 g/mol. The Morgan fingerprint density at radius 1 is 0.957 bits per heavy atom. The highest BCUT2D eigenvalue weighted by molar-refractivity contribution is 7.80. The number of hydrogen-bond donors (Lipinski definition) is 2. The number of hydrogen-bond acceptors (Lipinski definition) is 1. The molecule has 0 saturated heterocycles. The zero-order chi connectivity index (χ0) is 16.7. The van der Waals surface area contributed by atoms with E-state index in [2.05, 4.69) is 73.9 Å². The van der Waals surface area contributed by atoms with E-state index in [0.717, 1.165) is 18.7 Å². The fourth-order valence-corrected chi connectivity index (χ4v) is 2.85. The van der Waals surface area contributed by atoms with Crippen molar-refractivity contribution in [1.82, 2.24) is 5.32 Å². The van der Waals surface area contributed by atoms with Crippen molar-refractivity contribution in [3.63, 3.8) is 0 Å². The van der Waals surface area contributed by atoms with E-state index in [1.54, 1.807) is 0 Å².